The van der Waals surface area contributed by atoms with Crippen molar-refractivity contribution in [3.8, 4) is 0 Å². The second-order valence-electron chi connectivity index (χ2n) is 4.37. The molecule has 0 spiro atoms. The van der Waals surface area contributed by atoms with E-state index in [1.165, 1.54) is 45.8 Å². The van der Waals surface area contributed by atoms with Gasteiger partial charge in [0.05, 0.1) is 5.69 Å². The van der Waals surface area contributed by atoms with E-state index in [1.807, 2.05) is 6.92 Å². The smallest absolute Gasteiger partial charge is 0.267 e. The molecule has 2 heterocycles. The minimum Gasteiger partial charge on any atom is -0.267 e. The Morgan fingerprint density at radius 2 is 2.10 bits per heavy atom. The second kappa shape index (κ2) is 5.95. The van der Waals surface area contributed by atoms with Crippen LogP contribution in [0.15, 0.2) is 40.0 Å². The molecule has 3 aromatic rings. The average Bonchev–Trinajstić information content (AvgIpc) is 2.90. The van der Waals surface area contributed by atoms with Gasteiger partial charge in [-0.15, -0.1) is 11.8 Å². The number of hydrogen-bond donors (Lipinski definition) is 0. The van der Waals surface area contributed by atoms with Crippen LogP contribution in [0.5, 0.6) is 0 Å². The molecule has 0 N–H and O–H groups in total. The van der Waals surface area contributed by atoms with E-state index >= 15 is 0 Å². The lowest BCUT2D eigenvalue weighted by Crippen LogP contribution is -2.15. The molecule has 1 aromatic carbocycles. The van der Waals surface area contributed by atoms with Crippen molar-refractivity contribution in [1.82, 2.24) is 14.6 Å². The van der Waals surface area contributed by atoms with Crippen molar-refractivity contribution in [3.63, 3.8) is 0 Å². The number of aromatic nitrogens is 3. The SMILES string of the molecule is CCc1nn2c(=O)cc(CSc3ccc(F)cc3)nc2s1. The molecule has 3 rings (SSSR count). The number of benzene rings is 1. The normalized spacial score (nSPS) is 11.1. The van der Waals surface area contributed by atoms with Gasteiger partial charge in [-0.3, -0.25) is 4.79 Å². The summed E-state index contributed by atoms with van der Waals surface area (Å²) in [7, 11) is 0. The molecule has 0 saturated carbocycles. The Balaban J connectivity index is 1.83. The molecular weight excluding hydrogens is 309 g/mol. The van der Waals surface area contributed by atoms with Gasteiger partial charge in [0.15, 0.2) is 0 Å². The summed E-state index contributed by atoms with van der Waals surface area (Å²) in [6, 6.07) is 7.78. The van der Waals surface area contributed by atoms with Crippen molar-refractivity contribution in [2.75, 3.05) is 0 Å². The number of aryl methyl sites for hydroxylation is 1. The number of rotatable bonds is 4. The maximum Gasteiger partial charge on any atom is 0.275 e. The third-order valence-electron chi connectivity index (χ3n) is 2.84. The van der Waals surface area contributed by atoms with E-state index in [1.54, 1.807) is 12.1 Å². The lowest BCUT2D eigenvalue weighted by atomic mass is 10.4. The molecule has 0 unspecified atom stereocenters. The van der Waals surface area contributed by atoms with Gasteiger partial charge in [0.2, 0.25) is 4.96 Å². The molecule has 21 heavy (non-hydrogen) atoms. The summed E-state index contributed by atoms with van der Waals surface area (Å²) in [5, 5.41) is 5.10. The van der Waals surface area contributed by atoms with Gasteiger partial charge in [-0.2, -0.15) is 9.61 Å². The van der Waals surface area contributed by atoms with Gasteiger partial charge in [-0.05, 0) is 30.7 Å². The molecule has 4 nitrogen and oxygen atoms in total. The highest BCUT2D eigenvalue weighted by Crippen LogP contribution is 2.22. The summed E-state index contributed by atoms with van der Waals surface area (Å²) in [5.41, 5.74) is 0.547. The molecule has 0 fully saturated rings. The fourth-order valence-corrected chi connectivity index (χ4v) is 3.45. The van der Waals surface area contributed by atoms with Gasteiger partial charge in [0.1, 0.15) is 10.8 Å². The van der Waals surface area contributed by atoms with Crippen molar-refractivity contribution in [3.05, 3.63) is 57.2 Å². The summed E-state index contributed by atoms with van der Waals surface area (Å²) in [6.45, 7) is 1.99. The Hall–Kier alpha value is -1.73. The molecule has 2 aromatic heterocycles. The zero-order chi connectivity index (χ0) is 14.8. The van der Waals surface area contributed by atoms with Crippen LogP contribution >= 0.6 is 23.1 Å². The molecule has 0 radical (unpaired) electrons. The molecule has 0 atom stereocenters. The molecule has 0 aliphatic rings. The monoisotopic (exact) mass is 321 g/mol. The first kappa shape index (κ1) is 14.2. The van der Waals surface area contributed by atoms with Crippen LogP contribution in [-0.2, 0) is 12.2 Å². The molecule has 0 saturated heterocycles. The van der Waals surface area contributed by atoms with Crippen LogP contribution in [0.3, 0.4) is 0 Å². The van der Waals surface area contributed by atoms with Crippen molar-refractivity contribution < 1.29 is 4.39 Å². The highest BCUT2D eigenvalue weighted by atomic mass is 32.2. The number of fused-ring (bicyclic) bond motifs is 1. The van der Waals surface area contributed by atoms with Gasteiger partial charge in [0.25, 0.3) is 5.56 Å². The molecule has 108 valence electrons. The third-order valence-corrected chi connectivity index (χ3v) is 4.94. The van der Waals surface area contributed by atoms with Crippen LogP contribution < -0.4 is 5.56 Å². The van der Waals surface area contributed by atoms with Gasteiger partial charge in [-0.25, -0.2) is 9.37 Å². The predicted octanol–water partition coefficient (Wildman–Crippen LogP) is 3.14. The van der Waals surface area contributed by atoms with E-state index in [0.717, 1.165) is 16.3 Å². The van der Waals surface area contributed by atoms with Crippen molar-refractivity contribution >= 4 is 28.1 Å². The number of hydrogen-bond acceptors (Lipinski definition) is 5. The van der Waals surface area contributed by atoms with E-state index in [2.05, 4.69) is 10.1 Å². The van der Waals surface area contributed by atoms with Crippen molar-refractivity contribution in [1.29, 1.82) is 0 Å². The second-order valence-corrected chi connectivity index (χ2v) is 6.46. The maximum atomic E-state index is 12.8. The standard InChI is InChI=1S/C14H12FN3OS2/c1-2-12-17-18-13(19)7-10(16-14(18)21-12)8-20-11-5-3-9(15)4-6-11/h3-7H,2,8H2,1H3. The first-order valence-electron chi connectivity index (χ1n) is 6.43. The lowest BCUT2D eigenvalue weighted by Gasteiger charge is -2.01. The van der Waals surface area contributed by atoms with E-state index in [4.69, 9.17) is 0 Å². The largest absolute Gasteiger partial charge is 0.275 e. The van der Waals surface area contributed by atoms with Crippen LogP contribution in [0.2, 0.25) is 0 Å². The Labute approximate surface area is 128 Å². The lowest BCUT2D eigenvalue weighted by molar-refractivity contribution is 0.626. The van der Waals surface area contributed by atoms with Gasteiger partial charge in [0, 0.05) is 16.7 Å². The first-order valence-corrected chi connectivity index (χ1v) is 8.23. The zero-order valence-electron chi connectivity index (χ0n) is 11.2. The summed E-state index contributed by atoms with van der Waals surface area (Å²) < 4.78 is 14.2. The van der Waals surface area contributed by atoms with E-state index < -0.39 is 0 Å². The quantitative estimate of drug-likeness (QED) is 0.693. The average molecular weight is 321 g/mol. The van der Waals surface area contributed by atoms with Crippen LogP contribution in [0.25, 0.3) is 4.96 Å². The number of nitrogens with zero attached hydrogens (tertiary/aromatic N) is 3. The molecule has 0 aliphatic carbocycles. The first-order chi connectivity index (χ1) is 10.2. The number of thioether (sulfide) groups is 1. The minimum atomic E-state index is -0.256. The van der Waals surface area contributed by atoms with Crippen LogP contribution in [-0.4, -0.2) is 14.6 Å². The van der Waals surface area contributed by atoms with Crippen LogP contribution in [0.1, 0.15) is 17.6 Å². The van der Waals surface area contributed by atoms with Gasteiger partial charge >= 0.3 is 0 Å². The topological polar surface area (TPSA) is 47.3 Å². The summed E-state index contributed by atoms with van der Waals surface area (Å²) >= 11 is 2.95. The van der Waals surface area contributed by atoms with Crippen LogP contribution in [0, 0.1) is 5.82 Å². The third kappa shape index (κ3) is 3.14. The Kier molecular flexibility index (Phi) is 4.03. The van der Waals surface area contributed by atoms with E-state index in [9.17, 15) is 9.18 Å². The van der Waals surface area contributed by atoms with E-state index in [-0.39, 0.29) is 11.4 Å². The number of halogens is 1. The molecular formula is C14H12FN3OS2. The highest BCUT2D eigenvalue weighted by Gasteiger charge is 2.08. The Morgan fingerprint density at radius 3 is 2.81 bits per heavy atom. The predicted molar refractivity (Wildman–Crippen MR) is 82.5 cm³/mol. The molecule has 7 heteroatoms. The Bertz CT molecular complexity index is 826. The van der Waals surface area contributed by atoms with Crippen molar-refractivity contribution in [2.24, 2.45) is 0 Å². The molecule has 0 amide bonds. The summed E-state index contributed by atoms with van der Waals surface area (Å²) in [6.07, 6.45) is 0.785. The fraction of sp³-hybridized carbons (Fsp3) is 0.214. The van der Waals surface area contributed by atoms with Gasteiger partial charge in [-0.1, -0.05) is 18.3 Å². The summed E-state index contributed by atoms with van der Waals surface area (Å²) in [5.74, 6) is 0.311. The summed E-state index contributed by atoms with van der Waals surface area (Å²) in [4.78, 5) is 18.0. The Morgan fingerprint density at radius 1 is 1.33 bits per heavy atom. The molecule has 0 bridgehead atoms. The highest BCUT2D eigenvalue weighted by molar-refractivity contribution is 7.98. The van der Waals surface area contributed by atoms with Crippen LogP contribution in [0.4, 0.5) is 4.39 Å². The van der Waals surface area contributed by atoms with E-state index in [0.29, 0.717) is 16.4 Å². The zero-order valence-corrected chi connectivity index (χ0v) is 12.9. The molecule has 0 aliphatic heterocycles. The maximum absolute atomic E-state index is 12.8. The van der Waals surface area contributed by atoms with Crippen molar-refractivity contribution in [2.45, 2.75) is 24.0 Å². The minimum absolute atomic E-state index is 0.161. The van der Waals surface area contributed by atoms with Gasteiger partial charge < -0.3 is 0 Å². The fourth-order valence-electron chi connectivity index (χ4n) is 1.80.